The van der Waals surface area contributed by atoms with Gasteiger partial charge in [0.25, 0.3) is 10.1 Å². The lowest BCUT2D eigenvalue weighted by atomic mass is 10.5. The molecule has 6 heteroatoms. The largest absolute Gasteiger partial charge is 0.285 e. The highest BCUT2D eigenvalue weighted by Crippen LogP contribution is 2.07. The van der Waals surface area contributed by atoms with Gasteiger partial charge in [0.05, 0.1) is 0 Å². The van der Waals surface area contributed by atoms with E-state index in [1.807, 2.05) is 24.5 Å². The van der Waals surface area contributed by atoms with E-state index in [0.29, 0.717) is 0 Å². The first kappa shape index (κ1) is 11.5. The zero-order chi connectivity index (χ0) is 10.6. The molecule has 4 nitrogen and oxygen atoms in total. The maximum Gasteiger partial charge on any atom is 0.271 e. The van der Waals surface area contributed by atoms with Gasteiger partial charge in [-0.2, -0.15) is 13.0 Å². The second-order valence-electron chi connectivity index (χ2n) is 2.72. The van der Waals surface area contributed by atoms with E-state index in [9.17, 15) is 8.42 Å². The molecule has 0 amide bonds. The Labute approximate surface area is 87.7 Å². The Bertz CT molecular complexity index is 403. The Hall–Kier alpha value is -0.590. The predicted octanol–water partition coefficient (Wildman–Crippen LogP) is 0.584. The minimum Gasteiger partial charge on any atom is -0.285 e. The molecule has 0 spiro atoms. The van der Waals surface area contributed by atoms with Crippen molar-refractivity contribution in [2.45, 2.75) is 11.6 Å². The maximum absolute atomic E-state index is 10.5. The summed E-state index contributed by atoms with van der Waals surface area (Å²) in [6.45, 7) is 0.274. The summed E-state index contributed by atoms with van der Waals surface area (Å²) in [7, 11) is -3.88. The van der Waals surface area contributed by atoms with E-state index in [4.69, 9.17) is 4.55 Å². The normalized spacial score (nSPS) is 11.6. The lowest BCUT2D eigenvalue weighted by molar-refractivity contribution is -0.728. The average Bonchev–Trinajstić information content (AvgIpc) is 2.14. The fourth-order valence-electron chi connectivity index (χ4n) is 1.04. The molecule has 78 valence electrons. The molecule has 0 unspecified atom stereocenters. The highest BCUT2D eigenvalue weighted by molar-refractivity contribution is 7.98. The molecule has 0 aliphatic heterocycles. The number of hydrogen-bond donors (Lipinski definition) is 1. The maximum atomic E-state index is 10.5. The third-order valence-electron chi connectivity index (χ3n) is 1.70. The van der Waals surface area contributed by atoms with Crippen LogP contribution in [0.15, 0.2) is 29.4 Å². The molecule has 1 N–H and O–H groups in total. The van der Waals surface area contributed by atoms with Crippen molar-refractivity contribution >= 4 is 21.9 Å². The van der Waals surface area contributed by atoms with Crippen LogP contribution in [0.3, 0.4) is 0 Å². The van der Waals surface area contributed by atoms with Gasteiger partial charge in [-0.25, -0.2) is 0 Å². The van der Waals surface area contributed by atoms with Crippen LogP contribution in [0.25, 0.3) is 0 Å². The first-order valence-corrected chi connectivity index (χ1v) is 6.84. The van der Waals surface area contributed by atoms with Crippen molar-refractivity contribution in [2.75, 3.05) is 12.0 Å². The Kier molecular flexibility index (Phi) is 3.91. The van der Waals surface area contributed by atoms with Crippen LogP contribution in [-0.2, 0) is 16.7 Å². The molecule has 0 aliphatic rings. The zero-order valence-electron chi connectivity index (χ0n) is 7.75. The summed E-state index contributed by atoms with van der Waals surface area (Å²) in [5.41, 5.74) is 0. The molecule has 0 bridgehead atoms. The number of rotatable bonds is 4. The Morgan fingerprint density at radius 1 is 1.50 bits per heavy atom. The van der Waals surface area contributed by atoms with Crippen LogP contribution in [0.4, 0.5) is 0 Å². The van der Waals surface area contributed by atoms with Crippen molar-refractivity contribution in [1.82, 2.24) is 0 Å². The third-order valence-corrected chi connectivity index (χ3v) is 3.19. The summed E-state index contributed by atoms with van der Waals surface area (Å²) >= 11 is 1.53. The van der Waals surface area contributed by atoms with Crippen LogP contribution in [0.5, 0.6) is 0 Å². The lowest BCUT2D eigenvalue weighted by Gasteiger charge is -1.99. The van der Waals surface area contributed by atoms with Crippen LogP contribution < -0.4 is 4.57 Å². The van der Waals surface area contributed by atoms with Crippen LogP contribution in [0, 0.1) is 0 Å². The average molecular weight is 234 g/mol. The van der Waals surface area contributed by atoms with Crippen LogP contribution in [0.2, 0.25) is 0 Å². The highest BCUT2D eigenvalue weighted by Gasteiger charge is 2.12. The van der Waals surface area contributed by atoms with Crippen molar-refractivity contribution in [1.29, 1.82) is 0 Å². The standard InChI is InChI=1S/C8H11NO3S2/c1-13-8-4-2-3-5-9(8)6-7-14(10,11)12/h2-5H,6-7H2,1H3/p+1. The van der Waals surface area contributed by atoms with E-state index in [1.165, 1.54) is 11.8 Å². The van der Waals surface area contributed by atoms with Gasteiger partial charge in [0.1, 0.15) is 5.75 Å². The summed E-state index contributed by atoms with van der Waals surface area (Å²) in [6, 6.07) is 5.61. The van der Waals surface area contributed by atoms with E-state index >= 15 is 0 Å². The van der Waals surface area contributed by atoms with E-state index in [-0.39, 0.29) is 12.3 Å². The minimum atomic E-state index is -3.88. The van der Waals surface area contributed by atoms with Crippen LogP contribution >= 0.6 is 11.8 Å². The quantitative estimate of drug-likeness (QED) is 0.470. The summed E-state index contributed by atoms with van der Waals surface area (Å²) in [5, 5.41) is 0.969. The highest BCUT2D eigenvalue weighted by atomic mass is 32.2. The number of aromatic nitrogens is 1. The molecule has 0 aromatic carbocycles. The first-order chi connectivity index (χ1) is 6.53. The monoisotopic (exact) mass is 234 g/mol. The van der Waals surface area contributed by atoms with Crippen molar-refractivity contribution in [2.24, 2.45) is 0 Å². The second kappa shape index (κ2) is 4.77. The second-order valence-corrected chi connectivity index (χ2v) is 5.12. The molecule has 1 heterocycles. The lowest BCUT2D eigenvalue weighted by Crippen LogP contribution is -2.38. The summed E-state index contributed by atoms with van der Waals surface area (Å²) < 4.78 is 31.5. The van der Waals surface area contributed by atoms with E-state index in [2.05, 4.69) is 0 Å². The fourth-order valence-corrected chi connectivity index (χ4v) is 2.07. The van der Waals surface area contributed by atoms with Gasteiger partial charge < -0.3 is 0 Å². The summed E-state index contributed by atoms with van der Waals surface area (Å²) in [6.07, 6.45) is 3.70. The molecule has 1 aromatic rings. The van der Waals surface area contributed by atoms with Gasteiger partial charge in [0.2, 0.25) is 5.03 Å². The van der Waals surface area contributed by atoms with Gasteiger partial charge in [-0.15, -0.1) is 0 Å². The van der Waals surface area contributed by atoms with Gasteiger partial charge in [0, 0.05) is 12.1 Å². The number of aryl methyl sites for hydroxylation is 1. The van der Waals surface area contributed by atoms with Crippen LogP contribution in [-0.4, -0.2) is 25.0 Å². The number of hydrogen-bond acceptors (Lipinski definition) is 3. The third kappa shape index (κ3) is 3.65. The Balaban J connectivity index is 2.76. The topological polar surface area (TPSA) is 58.2 Å². The van der Waals surface area contributed by atoms with Gasteiger partial charge in [-0.1, -0.05) is 11.8 Å². The van der Waals surface area contributed by atoms with Crippen molar-refractivity contribution in [3.8, 4) is 0 Å². The molecule has 14 heavy (non-hydrogen) atoms. The molecule has 0 radical (unpaired) electrons. The zero-order valence-corrected chi connectivity index (χ0v) is 9.38. The predicted molar refractivity (Wildman–Crippen MR) is 54.8 cm³/mol. The first-order valence-electron chi connectivity index (χ1n) is 4.00. The smallest absolute Gasteiger partial charge is 0.271 e. The van der Waals surface area contributed by atoms with E-state index in [1.54, 1.807) is 10.8 Å². The Morgan fingerprint density at radius 3 is 2.79 bits per heavy atom. The SMILES string of the molecule is CSc1cccc[n+]1CCS(=O)(=O)O. The van der Waals surface area contributed by atoms with E-state index in [0.717, 1.165) is 5.03 Å². The van der Waals surface area contributed by atoms with Crippen molar-refractivity contribution in [3.63, 3.8) is 0 Å². The molecule has 0 saturated heterocycles. The fraction of sp³-hybridized carbons (Fsp3) is 0.375. The van der Waals surface area contributed by atoms with Crippen LogP contribution in [0.1, 0.15) is 0 Å². The number of thioether (sulfide) groups is 1. The molecule has 0 fully saturated rings. The summed E-state index contributed by atoms with van der Waals surface area (Å²) in [5.74, 6) is -0.255. The number of nitrogens with zero attached hydrogens (tertiary/aromatic N) is 1. The molecule has 0 aliphatic carbocycles. The van der Waals surface area contributed by atoms with Crippen molar-refractivity contribution in [3.05, 3.63) is 24.4 Å². The van der Waals surface area contributed by atoms with Gasteiger partial charge in [-0.05, 0) is 12.3 Å². The van der Waals surface area contributed by atoms with E-state index < -0.39 is 10.1 Å². The Morgan fingerprint density at radius 2 is 2.21 bits per heavy atom. The molecule has 1 aromatic heterocycles. The summed E-state index contributed by atoms with van der Waals surface area (Å²) in [4.78, 5) is 0. The molecule has 1 rings (SSSR count). The molecular formula is C8H12NO3S2+. The molecular weight excluding hydrogens is 222 g/mol. The van der Waals surface area contributed by atoms with Crippen molar-refractivity contribution < 1.29 is 17.5 Å². The van der Waals surface area contributed by atoms with Gasteiger partial charge >= 0.3 is 0 Å². The number of pyridine rings is 1. The minimum absolute atomic E-state index is 0.255. The molecule has 0 saturated carbocycles. The molecule has 0 atom stereocenters. The van der Waals surface area contributed by atoms with Gasteiger partial charge in [-0.3, -0.25) is 4.55 Å². The van der Waals surface area contributed by atoms with Gasteiger partial charge in [0.15, 0.2) is 12.7 Å².